The molecule has 186 valence electrons. The fourth-order valence-corrected chi connectivity index (χ4v) is 4.14. The Labute approximate surface area is 217 Å². The van der Waals surface area contributed by atoms with E-state index >= 15 is 0 Å². The van der Waals surface area contributed by atoms with Crippen LogP contribution in [0.2, 0.25) is 5.02 Å². The van der Waals surface area contributed by atoms with Crippen molar-refractivity contribution < 1.29 is 27.6 Å². The number of anilines is 1. The second kappa shape index (κ2) is 11.4. The number of carboxylic acid groups (broad SMARTS) is 1. The van der Waals surface area contributed by atoms with Gasteiger partial charge in [0.1, 0.15) is 0 Å². The maximum absolute atomic E-state index is 11.1. The number of nitriles is 2. The maximum Gasteiger partial charge on any atom is 0.270 e. The summed E-state index contributed by atoms with van der Waals surface area (Å²) < 4.78 is 39.0. The van der Waals surface area contributed by atoms with Gasteiger partial charge in [-0.15, -0.1) is 0 Å². The van der Waals surface area contributed by atoms with Gasteiger partial charge in [-0.25, -0.2) is 18.5 Å². The van der Waals surface area contributed by atoms with Crippen LogP contribution < -0.4 is 14.7 Å². The van der Waals surface area contributed by atoms with Gasteiger partial charge in [-0.05, 0) is 41.8 Å². The molecule has 0 saturated carbocycles. The van der Waals surface area contributed by atoms with E-state index in [-0.39, 0.29) is 41.1 Å². The summed E-state index contributed by atoms with van der Waals surface area (Å²) >= 11 is 6.09. The van der Waals surface area contributed by atoms with Gasteiger partial charge >= 0.3 is 0 Å². The number of ether oxygens (including phenoxy) is 1. The first-order chi connectivity index (χ1) is 17.6. The second-order valence-corrected chi connectivity index (χ2v) is 9.45. The average Bonchev–Trinajstić information content (AvgIpc) is 3.19. The smallest absolute Gasteiger partial charge is 0.270 e. The molecule has 0 aromatic heterocycles. The first-order valence-electron chi connectivity index (χ1n) is 10.4. The number of allylic oxidation sites excluding steroid dienone is 5. The number of rotatable bonds is 8. The van der Waals surface area contributed by atoms with Crippen molar-refractivity contribution in [2.24, 2.45) is 0 Å². The molecule has 10 nitrogen and oxygen atoms in total. The molecule has 0 unspecified atom stereocenters. The van der Waals surface area contributed by atoms with Crippen LogP contribution in [0.4, 0.5) is 5.69 Å². The summed E-state index contributed by atoms with van der Waals surface area (Å²) in [4.78, 5) is 15.8. The van der Waals surface area contributed by atoms with Crippen molar-refractivity contribution in [2.45, 2.75) is 6.42 Å². The van der Waals surface area contributed by atoms with Crippen LogP contribution >= 0.6 is 11.6 Å². The molecule has 0 fully saturated rings. The maximum atomic E-state index is 11.1. The monoisotopic (exact) mass is 534 g/mol. The van der Waals surface area contributed by atoms with E-state index in [1.807, 2.05) is 6.07 Å². The van der Waals surface area contributed by atoms with Gasteiger partial charge in [-0.3, -0.25) is 0 Å². The Bertz CT molecular complexity index is 1560. The van der Waals surface area contributed by atoms with E-state index in [9.17, 15) is 33.4 Å². The van der Waals surface area contributed by atoms with Crippen molar-refractivity contribution in [3.8, 4) is 17.9 Å². The van der Waals surface area contributed by atoms with Crippen molar-refractivity contribution >= 4 is 38.9 Å². The van der Waals surface area contributed by atoms with Gasteiger partial charge < -0.3 is 24.1 Å². The number of nitrogens with zero attached hydrogens (tertiary/aromatic N) is 4. The highest BCUT2D eigenvalue weighted by Crippen LogP contribution is 2.41. The van der Waals surface area contributed by atoms with Gasteiger partial charge in [-0.1, -0.05) is 35.9 Å². The molecular weight excluding hydrogens is 520 g/mol. The molecule has 2 aromatic carbocycles. The molecule has 0 atom stereocenters. The lowest BCUT2D eigenvalue weighted by Gasteiger charge is -2.19. The van der Waals surface area contributed by atoms with E-state index in [2.05, 4.69) is 4.85 Å². The van der Waals surface area contributed by atoms with Crippen LogP contribution in [-0.2, 0) is 10.1 Å². The molecule has 1 aliphatic rings. The van der Waals surface area contributed by atoms with E-state index in [1.165, 1.54) is 36.4 Å². The summed E-state index contributed by atoms with van der Waals surface area (Å²) in [5.74, 6) is -1.43. The molecule has 0 radical (unpaired) electrons. The number of carbonyl (C=O) groups is 1. The lowest BCUT2D eigenvalue weighted by molar-refractivity contribution is -0.255. The van der Waals surface area contributed by atoms with Gasteiger partial charge in [0.15, 0.2) is 5.75 Å². The number of halogens is 1. The largest absolute Gasteiger partial charge is 0.748 e. The van der Waals surface area contributed by atoms with Gasteiger partial charge in [0, 0.05) is 29.0 Å². The van der Waals surface area contributed by atoms with Gasteiger partial charge in [0.05, 0.1) is 46.1 Å². The van der Waals surface area contributed by atoms with Crippen molar-refractivity contribution in [1.82, 2.24) is 0 Å². The summed E-state index contributed by atoms with van der Waals surface area (Å²) in [7, 11) is -4.44. The number of fused-ring (bicyclic) bond motifs is 1. The number of carbonyl (C=O) groups excluding carboxylic acids is 1. The standard InChI is InChI=1S/C25H17ClN4O6S/c1-29-20(15-28)24(16-3-5-17(6-4-16)25(31)32)18(14-27)7-10-23-30(11-2-12-37(33,34)35)21-13-19(26)8-9-22(21)36-23/h3-10,13H,2,11-12H2,(H,31,32)(H,33,34,35)/p-2/b18-7+,23-10-,24-20+. The molecule has 0 spiro atoms. The molecule has 3 rings (SSSR count). The van der Waals surface area contributed by atoms with Gasteiger partial charge in [-0.2, -0.15) is 5.26 Å². The van der Waals surface area contributed by atoms with E-state index < -0.39 is 27.5 Å². The Morgan fingerprint density at radius 3 is 2.41 bits per heavy atom. The third kappa shape index (κ3) is 6.54. The number of benzene rings is 2. The van der Waals surface area contributed by atoms with Crippen LogP contribution in [0.15, 0.2) is 71.8 Å². The summed E-state index contributed by atoms with van der Waals surface area (Å²) in [6, 6.07) is 13.6. The minimum atomic E-state index is -4.44. The van der Waals surface area contributed by atoms with Gasteiger partial charge in [0.2, 0.25) is 5.88 Å². The molecule has 12 heteroatoms. The highest BCUT2D eigenvalue weighted by Gasteiger charge is 2.26. The first-order valence-corrected chi connectivity index (χ1v) is 12.4. The zero-order valence-corrected chi connectivity index (χ0v) is 20.4. The second-order valence-electron chi connectivity index (χ2n) is 7.49. The fraction of sp³-hybridized carbons (Fsp3) is 0.120. The van der Waals surface area contributed by atoms with Crippen LogP contribution in [0.3, 0.4) is 0 Å². The number of hydrogen-bond donors (Lipinski definition) is 0. The predicted octanol–water partition coefficient (Wildman–Crippen LogP) is 2.98. The van der Waals surface area contributed by atoms with Crippen molar-refractivity contribution in [3.05, 3.63) is 99.3 Å². The van der Waals surface area contributed by atoms with E-state index in [1.54, 1.807) is 29.2 Å². The molecule has 0 aliphatic carbocycles. The van der Waals surface area contributed by atoms with Crippen LogP contribution in [0.5, 0.6) is 5.75 Å². The zero-order chi connectivity index (χ0) is 27.2. The molecule has 1 aliphatic heterocycles. The number of hydrogen-bond acceptors (Lipinski definition) is 9. The molecule has 0 amide bonds. The molecular formula is C25H15ClN4O6S-2. The van der Waals surface area contributed by atoms with Gasteiger partial charge in [0.25, 0.3) is 5.70 Å². The summed E-state index contributed by atoms with van der Waals surface area (Å²) in [5.41, 5.74) is 0.128. The first kappa shape index (κ1) is 27.0. The molecule has 37 heavy (non-hydrogen) atoms. The summed E-state index contributed by atoms with van der Waals surface area (Å²) in [5, 5.41) is 30.8. The quantitative estimate of drug-likeness (QED) is 0.214. The average molecular weight is 535 g/mol. The number of carboxylic acids is 1. The Morgan fingerprint density at radius 2 is 1.84 bits per heavy atom. The lowest BCUT2D eigenvalue weighted by atomic mass is 9.95. The lowest BCUT2D eigenvalue weighted by Crippen LogP contribution is -2.23. The Hall–Kier alpha value is -4.60. The molecule has 1 heterocycles. The molecule has 0 bridgehead atoms. The highest BCUT2D eigenvalue weighted by atomic mass is 35.5. The van der Waals surface area contributed by atoms with Crippen LogP contribution in [-0.4, -0.2) is 31.2 Å². The van der Waals surface area contributed by atoms with Crippen molar-refractivity contribution in [3.63, 3.8) is 0 Å². The highest BCUT2D eigenvalue weighted by molar-refractivity contribution is 7.85. The predicted molar refractivity (Wildman–Crippen MR) is 130 cm³/mol. The molecule has 2 aromatic rings. The molecule has 0 N–H and O–H groups in total. The minimum Gasteiger partial charge on any atom is -0.748 e. The SMILES string of the molecule is [C-]#[N+]/C(C#N)=C(/C(C#N)=C/C=C1\Oc2ccc(Cl)cc2N1CCCS(=O)(=O)[O-])c1ccc(C(=O)[O-])cc1. The molecule has 0 saturated heterocycles. The van der Waals surface area contributed by atoms with Crippen molar-refractivity contribution in [1.29, 1.82) is 10.5 Å². The van der Waals surface area contributed by atoms with E-state index in [0.717, 1.165) is 0 Å². The Balaban J connectivity index is 2.06. The third-order valence-corrected chi connectivity index (χ3v) is 6.14. The Kier molecular flexibility index (Phi) is 8.33. The zero-order valence-electron chi connectivity index (χ0n) is 18.8. The number of aromatic carboxylic acids is 1. The van der Waals surface area contributed by atoms with E-state index in [0.29, 0.717) is 16.5 Å². The van der Waals surface area contributed by atoms with Crippen LogP contribution in [0.25, 0.3) is 10.4 Å². The van der Waals surface area contributed by atoms with Crippen LogP contribution in [0.1, 0.15) is 22.3 Å². The van der Waals surface area contributed by atoms with Crippen molar-refractivity contribution in [2.75, 3.05) is 17.2 Å². The normalized spacial score (nSPS) is 14.6. The Morgan fingerprint density at radius 1 is 1.16 bits per heavy atom. The third-order valence-electron chi connectivity index (χ3n) is 5.11. The topological polar surface area (TPSA) is 162 Å². The summed E-state index contributed by atoms with van der Waals surface area (Å²) in [6.45, 7) is 7.43. The van der Waals surface area contributed by atoms with E-state index in [4.69, 9.17) is 22.9 Å². The minimum absolute atomic E-state index is 0.0143. The summed E-state index contributed by atoms with van der Waals surface area (Å²) in [6.07, 6.45) is 2.69. The van der Waals surface area contributed by atoms with Crippen LogP contribution in [0, 0.1) is 29.2 Å². The fourth-order valence-electron chi connectivity index (χ4n) is 3.49.